The van der Waals surface area contributed by atoms with E-state index in [1.54, 1.807) is 6.92 Å². The van der Waals surface area contributed by atoms with Crippen molar-refractivity contribution in [2.24, 2.45) is 0 Å². The van der Waals surface area contributed by atoms with E-state index < -0.39 is 13.0 Å². The summed E-state index contributed by atoms with van der Waals surface area (Å²) in [4.78, 5) is 0. The van der Waals surface area contributed by atoms with E-state index in [4.69, 9.17) is 5.11 Å². The van der Waals surface area contributed by atoms with Gasteiger partial charge < -0.3 is 9.84 Å². The molecule has 0 saturated carbocycles. The number of ether oxygens (including phenoxy) is 1. The Morgan fingerprint density at radius 2 is 2.00 bits per heavy atom. The Morgan fingerprint density at radius 3 is 2.50 bits per heavy atom. The molecule has 0 fully saturated rings. The zero-order chi connectivity index (χ0) is 10.8. The number of rotatable bonds is 2. The predicted octanol–water partition coefficient (Wildman–Crippen LogP) is 2.39. The molecule has 0 aliphatic heterocycles. The lowest BCUT2D eigenvalue weighted by Crippen LogP contribution is -2.18. The molecule has 0 aliphatic carbocycles. The summed E-state index contributed by atoms with van der Waals surface area (Å²) in [6, 6.07) is 4.12. The van der Waals surface area contributed by atoms with Gasteiger partial charge in [-0.2, -0.15) is 0 Å². The van der Waals surface area contributed by atoms with Crippen molar-refractivity contribution < 1.29 is 23.0 Å². The van der Waals surface area contributed by atoms with Crippen LogP contribution in [0.25, 0.3) is 0 Å². The van der Waals surface area contributed by atoms with Crippen LogP contribution in [0.5, 0.6) is 5.75 Å². The first-order chi connectivity index (χ1) is 6.42. The number of hydrogen-bond acceptors (Lipinski definition) is 2. The summed E-state index contributed by atoms with van der Waals surface area (Å²) in [5.41, 5.74) is 0.894. The van der Waals surface area contributed by atoms with Gasteiger partial charge in [-0.3, -0.25) is 0 Å². The van der Waals surface area contributed by atoms with E-state index in [1.807, 2.05) is 0 Å². The van der Waals surface area contributed by atoms with Gasteiger partial charge in [-0.1, -0.05) is 17.7 Å². The third kappa shape index (κ3) is 2.92. The first-order valence-electron chi connectivity index (χ1n) is 3.88. The minimum Gasteiger partial charge on any atom is -0.405 e. The van der Waals surface area contributed by atoms with Gasteiger partial charge in [0.2, 0.25) is 0 Å². The molecular weight excluding hydrogens is 197 g/mol. The molecule has 78 valence electrons. The lowest BCUT2D eigenvalue weighted by atomic mass is 10.1. The van der Waals surface area contributed by atoms with Crippen molar-refractivity contribution >= 4 is 0 Å². The maximum atomic E-state index is 11.9. The third-order valence-corrected chi connectivity index (χ3v) is 1.61. The summed E-state index contributed by atoms with van der Waals surface area (Å²) in [5.74, 6) is -0.356. The van der Waals surface area contributed by atoms with Gasteiger partial charge in [0.25, 0.3) is 0 Å². The fourth-order valence-electron chi connectivity index (χ4n) is 1.06. The molecule has 2 nitrogen and oxygen atoms in total. The van der Waals surface area contributed by atoms with Gasteiger partial charge in [-0.25, -0.2) is 0 Å². The van der Waals surface area contributed by atoms with E-state index in [9.17, 15) is 13.2 Å². The van der Waals surface area contributed by atoms with Gasteiger partial charge in [-0.15, -0.1) is 13.2 Å². The zero-order valence-corrected chi connectivity index (χ0v) is 7.43. The maximum Gasteiger partial charge on any atom is 0.573 e. The number of hydrogen-bond donors (Lipinski definition) is 1. The quantitative estimate of drug-likeness (QED) is 0.804. The second-order valence-electron chi connectivity index (χ2n) is 2.82. The molecule has 0 amide bonds. The second kappa shape index (κ2) is 3.88. The van der Waals surface area contributed by atoms with Crippen molar-refractivity contribution in [1.82, 2.24) is 0 Å². The van der Waals surface area contributed by atoms with E-state index in [1.165, 1.54) is 18.2 Å². The molecule has 0 aromatic heterocycles. The summed E-state index contributed by atoms with van der Waals surface area (Å²) < 4.78 is 39.3. The normalized spacial score (nSPS) is 11.5. The Bertz CT molecular complexity index is 320. The molecule has 1 rings (SSSR count). The standard InChI is InChI=1S/C9H9F3O2/c1-6-2-3-8(7(4-6)5-13)14-9(10,11)12/h2-4,13H,5H2,1H3. The fraction of sp³-hybridized carbons (Fsp3) is 0.333. The Kier molecular flexibility index (Phi) is 3.00. The minimum atomic E-state index is -4.72. The monoisotopic (exact) mass is 206 g/mol. The number of aryl methyl sites for hydroxylation is 1. The Labute approximate surface area is 78.9 Å². The second-order valence-corrected chi connectivity index (χ2v) is 2.82. The van der Waals surface area contributed by atoms with Crippen molar-refractivity contribution in [2.45, 2.75) is 19.9 Å². The van der Waals surface area contributed by atoms with Crippen molar-refractivity contribution in [2.75, 3.05) is 0 Å². The summed E-state index contributed by atoms with van der Waals surface area (Å²) in [5, 5.41) is 8.79. The molecule has 0 spiro atoms. The van der Waals surface area contributed by atoms with Gasteiger partial charge in [0, 0.05) is 5.56 Å². The summed E-state index contributed by atoms with van der Waals surface area (Å²) >= 11 is 0. The summed E-state index contributed by atoms with van der Waals surface area (Å²) in [7, 11) is 0. The van der Waals surface area contributed by atoms with E-state index in [2.05, 4.69) is 4.74 Å². The third-order valence-electron chi connectivity index (χ3n) is 1.61. The average molecular weight is 206 g/mol. The van der Waals surface area contributed by atoms with Crippen LogP contribution in [-0.2, 0) is 6.61 Å². The Hall–Kier alpha value is -1.23. The average Bonchev–Trinajstić information content (AvgIpc) is 2.06. The largest absolute Gasteiger partial charge is 0.573 e. The molecule has 0 radical (unpaired) electrons. The smallest absolute Gasteiger partial charge is 0.405 e. The van der Waals surface area contributed by atoms with Crippen LogP contribution in [0.3, 0.4) is 0 Å². The predicted molar refractivity (Wildman–Crippen MR) is 43.8 cm³/mol. The van der Waals surface area contributed by atoms with Crippen LogP contribution in [0.15, 0.2) is 18.2 Å². The van der Waals surface area contributed by atoms with Crippen LogP contribution in [-0.4, -0.2) is 11.5 Å². The number of aliphatic hydroxyl groups excluding tert-OH is 1. The topological polar surface area (TPSA) is 29.5 Å². The van der Waals surface area contributed by atoms with Crippen LogP contribution in [0.1, 0.15) is 11.1 Å². The highest BCUT2D eigenvalue weighted by Gasteiger charge is 2.31. The number of alkyl halides is 3. The van der Waals surface area contributed by atoms with E-state index >= 15 is 0 Å². The Balaban J connectivity index is 2.97. The van der Waals surface area contributed by atoms with Crippen LogP contribution in [0.4, 0.5) is 13.2 Å². The SMILES string of the molecule is Cc1ccc(OC(F)(F)F)c(CO)c1. The van der Waals surface area contributed by atoms with Crippen LogP contribution in [0.2, 0.25) is 0 Å². The fourth-order valence-corrected chi connectivity index (χ4v) is 1.06. The van der Waals surface area contributed by atoms with Crippen molar-refractivity contribution in [1.29, 1.82) is 0 Å². The molecule has 1 N–H and O–H groups in total. The molecule has 0 unspecified atom stereocenters. The molecule has 0 heterocycles. The molecule has 1 aromatic rings. The van der Waals surface area contributed by atoms with Crippen molar-refractivity contribution in [3.8, 4) is 5.75 Å². The summed E-state index contributed by atoms with van der Waals surface area (Å²) in [6.45, 7) is 1.24. The highest BCUT2D eigenvalue weighted by Crippen LogP contribution is 2.26. The zero-order valence-electron chi connectivity index (χ0n) is 7.43. The lowest BCUT2D eigenvalue weighted by Gasteiger charge is -2.12. The van der Waals surface area contributed by atoms with Crippen LogP contribution < -0.4 is 4.74 Å². The maximum absolute atomic E-state index is 11.9. The molecule has 14 heavy (non-hydrogen) atoms. The molecule has 0 saturated heterocycles. The molecular formula is C9H9F3O2. The van der Waals surface area contributed by atoms with E-state index in [-0.39, 0.29) is 11.3 Å². The van der Waals surface area contributed by atoms with Gasteiger partial charge in [-0.05, 0) is 13.0 Å². The van der Waals surface area contributed by atoms with E-state index in [0.29, 0.717) is 0 Å². The molecule has 0 aliphatic rings. The lowest BCUT2D eigenvalue weighted by molar-refractivity contribution is -0.275. The first kappa shape index (κ1) is 10.8. The molecule has 5 heteroatoms. The van der Waals surface area contributed by atoms with Gasteiger partial charge in [0.15, 0.2) is 0 Å². The first-order valence-corrected chi connectivity index (χ1v) is 3.88. The van der Waals surface area contributed by atoms with Crippen LogP contribution >= 0.6 is 0 Å². The highest BCUT2D eigenvalue weighted by molar-refractivity contribution is 5.36. The van der Waals surface area contributed by atoms with E-state index in [0.717, 1.165) is 5.56 Å². The number of benzene rings is 1. The number of aliphatic hydroxyl groups is 1. The van der Waals surface area contributed by atoms with Gasteiger partial charge in [0.1, 0.15) is 5.75 Å². The minimum absolute atomic E-state index is 0.127. The van der Waals surface area contributed by atoms with Gasteiger partial charge >= 0.3 is 6.36 Å². The van der Waals surface area contributed by atoms with Gasteiger partial charge in [0.05, 0.1) is 6.61 Å². The number of halogens is 3. The summed E-state index contributed by atoms with van der Waals surface area (Å²) in [6.07, 6.45) is -4.72. The van der Waals surface area contributed by atoms with Crippen LogP contribution in [0, 0.1) is 6.92 Å². The molecule has 1 aromatic carbocycles. The molecule has 0 atom stereocenters. The van der Waals surface area contributed by atoms with Crippen molar-refractivity contribution in [3.05, 3.63) is 29.3 Å². The molecule has 0 bridgehead atoms. The Morgan fingerprint density at radius 1 is 1.36 bits per heavy atom. The van der Waals surface area contributed by atoms with Crippen molar-refractivity contribution in [3.63, 3.8) is 0 Å². The highest BCUT2D eigenvalue weighted by atomic mass is 19.4.